The van der Waals surface area contributed by atoms with Crippen molar-refractivity contribution in [2.75, 3.05) is 20.0 Å². The van der Waals surface area contributed by atoms with Crippen molar-refractivity contribution >= 4 is 21.3 Å². The molecule has 0 amide bonds. The number of methoxy groups -OCH3 is 1. The zero-order valence-electron chi connectivity index (χ0n) is 19.1. The fourth-order valence-electron chi connectivity index (χ4n) is 3.58. The number of hydrogen-bond acceptors (Lipinski definition) is 7. The number of rotatable bonds is 8. The van der Waals surface area contributed by atoms with Crippen LogP contribution < -0.4 is 4.74 Å². The first-order chi connectivity index (χ1) is 14.6. The number of aryl methyl sites for hydroxylation is 2. The first-order valence-corrected chi connectivity index (χ1v) is 12.1. The topological polar surface area (TPSA) is 96.2 Å². The van der Waals surface area contributed by atoms with E-state index in [1.54, 1.807) is 7.11 Å². The van der Waals surface area contributed by atoms with Crippen LogP contribution in [0.25, 0.3) is 22.4 Å². The molecule has 0 aliphatic carbocycles. The molecule has 0 aliphatic rings. The molecule has 0 saturated carbocycles. The van der Waals surface area contributed by atoms with Crippen LogP contribution in [0.3, 0.4) is 0 Å². The second-order valence-corrected chi connectivity index (χ2v) is 9.71. The van der Waals surface area contributed by atoms with Crippen LogP contribution in [-0.2, 0) is 21.3 Å². The third-order valence-electron chi connectivity index (χ3n) is 5.33. The largest absolute Gasteiger partial charge is 0.480 e. The third kappa shape index (κ3) is 4.88. The molecule has 0 N–H and O–H groups in total. The molecule has 0 aliphatic heterocycles. The van der Waals surface area contributed by atoms with Crippen LogP contribution in [0.15, 0.2) is 18.3 Å². The lowest BCUT2D eigenvalue weighted by Gasteiger charge is -2.14. The zero-order chi connectivity index (χ0) is 22.9. The Morgan fingerprint density at radius 3 is 2.45 bits per heavy atom. The monoisotopic (exact) mass is 446 g/mol. The second-order valence-electron chi connectivity index (χ2n) is 8.07. The third-order valence-corrected chi connectivity index (χ3v) is 5.89. The summed E-state index contributed by atoms with van der Waals surface area (Å²) >= 11 is 0. The predicted octanol–water partition coefficient (Wildman–Crippen LogP) is 3.94. The lowest BCUT2D eigenvalue weighted by Crippen LogP contribution is -2.12. The molecular formula is C22H30N4O4S. The van der Waals surface area contributed by atoms with Crippen molar-refractivity contribution in [3.8, 4) is 17.1 Å². The molecule has 0 aromatic carbocycles. The van der Waals surface area contributed by atoms with Crippen LogP contribution >= 0.6 is 0 Å². The van der Waals surface area contributed by atoms with Gasteiger partial charge in [-0.2, -0.15) is 8.42 Å². The second kappa shape index (κ2) is 8.92. The number of fused-ring (bicyclic) bond motifs is 1. The maximum Gasteiger partial charge on any atom is 0.264 e. The molecule has 3 rings (SSSR count). The lowest BCUT2D eigenvalue weighted by molar-refractivity contribution is 0.291. The van der Waals surface area contributed by atoms with Gasteiger partial charge in [0.1, 0.15) is 5.52 Å². The number of hydrogen-bond donors (Lipinski definition) is 0. The highest BCUT2D eigenvalue weighted by Crippen LogP contribution is 2.34. The minimum Gasteiger partial charge on any atom is -0.480 e. The Hall–Kier alpha value is -2.52. The van der Waals surface area contributed by atoms with E-state index >= 15 is 0 Å². The quantitative estimate of drug-likeness (QED) is 0.484. The maximum atomic E-state index is 11.5. The molecule has 0 radical (unpaired) electrons. The van der Waals surface area contributed by atoms with E-state index < -0.39 is 10.1 Å². The van der Waals surface area contributed by atoms with Gasteiger partial charge < -0.3 is 9.30 Å². The molecule has 0 fully saturated rings. The Bertz CT molecular complexity index is 1200. The van der Waals surface area contributed by atoms with E-state index in [0.29, 0.717) is 23.6 Å². The van der Waals surface area contributed by atoms with Gasteiger partial charge in [0, 0.05) is 30.4 Å². The molecule has 3 aromatic rings. The zero-order valence-corrected chi connectivity index (χ0v) is 19.9. The van der Waals surface area contributed by atoms with Gasteiger partial charge in [0.05, 0.1) is 36.9 Å². The van der Waals surface area contributed by atoms with E-state index in [0.717, 1.165) is 34.3 Å². The molecule has 9 heteroatoms. The SMILES string of the molecule is CCC(COS(C)(=O)=O)c1cn(C)c2nc(-c3ccc(C(C)C)nc3OC)c(C)nc12. The molecule has 0 spiro atoms. The summed E-state index contributed by atoms with van der Waals surface area (Å²) in [5.41, 5.74) is 5.57. The highest BCUT2D eigenvalue weighted by atomic mass is 32.2. The van der Waals surface area contributed by atoms with E-state index in [4.69, 9.17) is 18.9 Å². The number of aromatic nitrogens is 4. The Kier molecular flexibility index (Phi) is 6.66. The number of pyridine rings is 1. The average molecular weight is 447 g/mol. The lowest BCUT2D eigenvalue weighted by atomic mass is 9.99. The van der Waals surface area contributed by atoms with Crippen molar-refractivity contribution in [1.29, 1.82) is 0 Å². The summed E-state index contributed by atoms with van der Waals surface area (Å²) in [4.78, 5) is 14.4. The minimum absolute atomic E-state index is 0.0747. The summed E-state index contributed by atoms with van der Waals surface area (Å²) in [5, 5.41) is 0. The molecule has 3 heterocycles. The van der Waals surface area contributed by atoms with Crippen LogP contribution in [0.2, 0.25) is 0 Å². The van der Waals surface area contributed by atoms with Crippen molar-refractivity contribution in [2.45, 2.75) is 46.0 Å². The summed E-state index contributed by atoms with van der Waals surface area (Å²) in [5.74, 6) is 0.693. The number of ether oxygens (including phenoxy) is 1. The van der Waals surface area contributed by atoms with Crippen LogP contribution in [0, 0.1) is 6.92 Å². The predicted molar refractivity (Wildman–Crippen MR) is 121 cm³/mol. The Morgan fingerprint density at radius 1 is 1.16 bits per heavy atom. The smallest absolute Gasteiger partial charge is 0.264 e. The fraction of sp³-hybridized carbons (Fsp3) is 0.500. The molecule has 8 nitrogen and oxygen atoms in total. The molecule has 0 saturated heterocycles. The van der Waals surface area contributed by atoms with Crippen LogP contribution in [0.5, 0.6) is 5.88 Å². The van der Waals surface area contributed by atoms with Crippen molar-refractivity contribution < 1.29 is 17.3 Å². The van der Waals surface area contributed by atoms with Crippen molar-refractivity contribution in [3.63, 3.8) is 0 Å². The minimum atomic E-state index is -3.52. The van der Waals surface area contributed by atoms with E-state index in [-0.39, 0.29) is 18.4 Å². The van der Waals surface area contributed by atoms with Crippen molar-refractivity contribution in [1.82, 2.24) is 19.5 Å². The Balaban J connectivity index is 2.11. The van der Waals surface area contributed by atoms with Gasteiger partial charge in [0.15, 0.2) is 5.65 Å². The average Bonchev–Trinajstić information content (AvgIpc) is 3.02. The normalized spacial score (nSPS) is 13.2. The van der Waals surface area contributed by atoms with Crippen LogP contribution in [0.4, 0.5) is 0 Å². The van der Waals surface area contributed by atoms with Gasteiger partial charge in [-0.15, -0.1) is 0 Å². The van der Waals surface area contributed by atoms with Gasteiger partial charge in [-0.05, 0) is 31.4 Å². The van der Waals surface area contributed by atoms with E-state index in [1.807, 2.05) is 43.8 Å². The molecule has 168 valence electrons. The molecule has 1 unspecified atom stereocenters. The number of nitrogens with zero attached hydrogens (tertiary/aromatic N) is 4. The summed E-state index contributed by atoms with van der Waals surface area (Å²) in [6.45, 7) is 8.15. The summed E-state index contributed by atoms with van der Waals surface area (Å²) in [7, 11) is -0.00928. The van der Waals surface area contributed by atoms with E-state index in [2.05, 4.69) is 18.8 Å². The molecule has 3 aromatic heterocycles. The standard InChI is InChI=1S/C22H30N4O4S/c1-8-15(12-30-31(7,27)28)17-11-26(5)21-20(17)23-14(4)19(25-21)16-9-10-18(13(2)3)24-22(16)29-6/h9-11,13,15H,8,12H2,1-7H3. The first-order valence-electron chi connectivity index (χ1n) is 10.3. The molecule has 0 bridgehead atoms. The maximum absolute atomic E-state index is 11.5. The summed E-state index contributed by atoms with van der Waals surface area (Å²) < 4.78 is 35.5. The Morgan fingerprint density at radius 2 is 1.87 bits per heavy atom. The first kappa shape index (κ1) is 23.1. The Labute approximate surface area is 183 Å². The molecule has 31 heavy (non-hydrogen) atoms. The summed E-state index contributed by atoms with van der Waals surface area (Å²) in [6, 6.07) is 3.96. The van der Waals surface area contributed by atoms with Gasteiger partial charge in [-0.25, -0.2) is 15.0 Å². The van der Waals surface area contributed by atoms with Crippen molar-refractivity contribution in [3.05, 3.63) is 35.3 Å². The summed E-state index contributed by atoms with van der Waals surface area (Å²) in [6.07, 6.45) is 3.72. The van der Waals surface area contributed by atoms with Crippen molar-refractivity contribution in [2.24, 2.45) is 7.05 Å². The van der Waals surface area contributed by atoms with Gasteiger partial charge in [0.2, 0.25) is 5.88 Å². The van der Waals surface area contributed by atoms with Gasteiger partial charge >= 0.3 is 0 Å². The van der Waals surface area contributed by atoms with E-state index in [1.165, 1.54) is 0 Å². The van der Waals surface area contributed by atoms with Crippen LogP contribution in [0.1, 0.15) is 56.0 Å². The highest BCUT2D eigenvalue weighted by Gasteiger charge is 2.22. The molecule has 1 atom stereocenters. The van der Waals surface area contributed by atoms with Crippen LogP contribution in [-0.4, -0.2) is 47.9 Å². The molecular weight excluding hydrogens is 416 g/mol. The van der Waals surface area contributed by atoms with Gasteiger partial charge in [0.25, 0.3) is 10.1 Å². The van der Waals surface area contributed by atoms with E-state index in [9.17, 15) is 8.42 Å². The van der Waals surface area contributed by atoms with Gasteiger partial charge in [-0.3, -0.25) is 4.18 Å². The fourth-order valence-corrected chi connectivity index (χ4v) is 3.99. The van der Waals surface area contributed by atoms with Gasteiger partial charge in [-0.1, -0.05) is 20.8 Å². The highest BCUT2D eigenvalue weighted by molar-refractivity contribution is 7.85.